The molecule has 0 bridgehead atoms. The van der Waals surface area contributed by atoms with Crippen molar-refractivity contribution in [3.05, 3.63) is 17.8 Å². The van der Waals surface area contributed by atoms with Crippen molar-refractivity contribution >= 4 is 5.82 Å². The third-order valence-electron chi connectivity index (χ3n) is 2.51. The number of hydrogen-bond acceptors (Lipinski definition) is 2. The zero-order valence-corrected chi connectivity index (χ0v) is 7.14. The summed E-state index contributed by atoms with van der Waals surface area (Å²) in [6, 6.07) is 4.04. The van der Waals surface area contributed by atoms with E-state index in [2.05, 4.69) is 16.4 Å². The summed E-state index contributed by atoms with van der Waals surface area (Å²) in [7, 11) is 0. The molecule has 0 aliphatic carbocycles. The molecule has 3 heteroatoms. The zero-order valence-electron chi connectivity index (χ0n) is 7.14. The van der Waals surface area contributed by atoms with E-state index in [-0.39, 0.29) is 0 Å². The molecule has 0 atom stereocenters. The van der Waals surface area contributed by atoms with Gasteiger partial charge in [-0.15, -0.1) is 0 Å². The zero-order chi connectivity index (χ0) is 8.39. The lowest BCUT2D eigenvalue weighted by Gasteiger charge is -2.21. The second-order valence-corrected chi connectivity index (χ2v) is 3.39. The Balaban J connectivity index is 2.08. The first-order chi connectivity index (χ1) is 5.86. The van der Waals surface area contributed by atoms with E-state index in [1.165, 1.54) is 18.5 Å². The van der Waals surface area contributed by atoms with Crippen LogP contribution < -0.4 is 11.1 Å². The van der Waals surface area contributed by atoms with Crippen LogP contribution >= 0.6 is 0 Å². The van der Waals surface area contributed by atoms with Crippen molar-refractivity contribution in [2.24, 2.45) is 0 Å². The van der Waals surface area contributed by atoms with Crippen molar-refractivity contribution in [1.29, 1.82) is 0 Å². The van der Waals surface area contributed by atoms with Crippen LogP contribution in [0.3, 0.4) is 0 Å². The number of hydrogen-bond donors (Lipinski definition) is 3. The summed E-state index contributed by atoms with van der Waals surface area (Å²) in [5.74, 6) is 1.46. The van der Waals surface area contributed by atoms with Crippen molar-refractivity contribution in [1.82, 2.24) is 10.3 Å². The smallest absolute Gasteiger partial charge is 0.100 e. The molecule has 1 aliphatic heterocycles. The molecule has 0 spiro atoms. The molecule has 2 heterocycles. The van der Waals surface area contributed by atoms with Crippen LogP contribution in [0.5, 0.6) is 0 Å². The molecular weight excluding hydrogens is 150 g/mol. The molecule has 1 aromatic heterocycles. The number of nitrogen functional groups attached to an aromatic ring is 1. The Kier molecular flexibility index (Phi) is 2.04. The molecule has 1 fully saturated rings. The summed E-state index contributed by atoms with van der Waals surface area (Å²) in [4.78, 5) is 3.20. The number of rotatable bonds is 1. The Morgan fingerprint density at radius 1 is 1.25 bits per heavy atom. The number of aromatic nitrogens is 1. The minimum atomic E-state index is 0.684. The predicted octanol–water partition coefficient (Wildman–Crippen LogP) is 1.06. The summed E-state index contributed by atoms with van der Waals surface area (Å²) in [6.45, 7) is 2.26. The maximum absolute atomic E-state index is 5.61. The molecule has 0 aromatic carbocycles. The highest BCUT2D eigenvalue weighted by molar-refractivity contribution is 5.32. The van der Waals surface area contributed by atoms with E-state index in [1.54, 1.807) is 0 Å². The number of piperidine rings is 1. The van der Waals surface area contributed by atoms with Gasteiger partial charge in [-0.05, 0) is 38.1 Å². The highest BCUT2D eigenvalue weighted by atomic mass is 14.9. The molecule has 0 amide bonds. The van der Waals surface area contributed by atoms with Crippen LogP contribution in [0.25, 0.3) is 0 Å². The minimum absolute atomic E-state index is 0.684. The highest BCUT2D eigenvalue weighted by Gasteiger charge is 2.15. The first-order valence-electron chi connectivity index (χ1n) is 4.51. The summed E-state index contributed by atoms with van der Waals surface area (Å²) >= 11 is 0. The molecule has 12 heavy (non-hydrogen) atoms. The number of nitrogens with two attached hydrogens (primary N) is 1. The van der Waals surface area contributed by atoms with Crippen molar-refractivity contribution < 1.29 is 0 Å². The minimum Gasteiger partial charge on any atom is -0.385 e. The van der Waals surface area contributed by atoms with Crippen LogP contribution in [0, 0.1) is 0 Å². The number of nitrogens with one attached hydrogen (secondary N) is 2. The van der Waals surface area contributed by atoms with E-state index in [0.29, 0.717) is 5.92 Å². The standard InChI is InChI=1S/C9H15N3/c10-9-2-1-8(12-9)7-3-5-11-6-4-7/h1-2,7,11-12H,3-6,10H2. The van der Waals surface area contributed by atoms with Crippen LogP contribution in [0.4, 0.5) is 5.82 Å². The van der Waals surface area contributed by atoms with E-state index >= 15 is 0 Å². The molecular formula is C9H15N3. The summed E-state index contributed by atoms with van der Waals surface area (Å²) in [6.07, 6.45) is 2.44. The Labute approximate surface area is 72.3 Å². The number of H-pyrrole nitrogens is 1. The van der Waals surface area contributed by atoms with Gasteiger partial charge in [0.15, 0.2) is 0 Å². The maximum Gasteiger partial charge on any atom is 0.100 e. The first kappa shape index (κ1) is 7.68. The van der Waals surface area contributed by atoms with Gasteiger partial charge in [-0.25, -0.2) is 0 Å². The first-order valence-corrected chi connectivity index (χ1v) is 4.51. The molecule has 0 radical (unpaired) electrons. The molecule has 4 N–H and O–H groups in total. The fourth-order valence-electron chi connectivity index (χ4n) is 1.80. The fourth-order valence-corrected chi connectivity index (χ4v) is 1.80. The largest absolute Gasteiger partial charge is 0.385 e. The Morgan fingerprint density at radius 2 is 2.00 bits per heavy atom. The lowest BCUT2D eigenvalue weighted by Crippen LogP contribution is -2.26. The number of aromatic amines is 1. The Bertz CT molecular complexity index is 248. The lowest BCUT2D eigenvalue weighted by molar-refractivity contribution is 0.454. The van der Waals surface area contributed by atoms with Crippen molar-refractivity contribution in [2.75, 3.05) is 18.8 Å². The van der Waals surface area contributed by atoms with E-state index in [4.69, 9.17) is 5.73 Å². The third-order valence-corrected chi connectivity index (χ3v) is 2.51. The van der Waals surface area contributed by atoms with Crippen molar-refractivity contribution in [2.45, 2.75) is 18.8 Å². The van der Waals surface area contributed by atoms with Gasteiger partial charge in [0, 0.05) is 11.6 Å². The average Bonchev–Trinajstić information content (AvgIpc) is 2.54. The SMILES string of the molecule is Nc1ccc(C2CCNCC2)[nH]1. The van der Waals surface area contributed by atoms with Crippen molar-refractivity contribution in [3.63, 3.8) is 0 Å². The summed E-state index contributed by atoms with van der Waals surface area (Å²) in [5.41, 5.74) is 6.91. The van der Waals surface area contributed by atoms with Gasteiger partial charge in [0.05, 0.1) is 0 Å². The van der Waals surface area contributed by atoms with E-state index in [0.717, 1.165) is 18.9 Å². The summed E-state index contributed by atoms with van der Waals surface area (Å²) in [5, 5.41) is 3.35. The summed E-state index contributed by atoms with van der Waals surface area (Å²) < 4.78 is 0. The van der Waals surface area contributed by atoms with Gasteiger partial charge in [-0.3, -0.25) is 0 Å². The molecule has 1 aromatic rings. The molecule has 66 valence electrons. The van der Waals surface area contributed by atoms with Gasteiger partial charge in [-0.1, -0.05) is 0 Å². The maximum atomic E-state index is 5.61. The van der Waals surface area contributed by atoms with Gasteiger partial charge in [0.25, 0.3) is 0 Å². The molecule has 2 rings (SSSR count). The molecule has 0 saturated carbocycles. The van der Waals surface area contributed by atoms with Crippen LogP contribution in [-0.4, -0.2) is 18.1 Å². The highest BCUT2D eigenvalue weighted by Crippen LogP contribution is 2.24. The van der Waals surface area contributed by atoms with Gasteiger partial charge in [0.1, 0.15) is 5.82 Å². The number of anilines is 1. The van der Waals surface area contributed by atoms with Gasteiger partial charge < -0.3 is 16.0 Å². The molecule has 1 aliphatic rings. The average molecular weight is 165 g/mol. The Hall–Kier alpha value is -0.960. The normalized spacial score (nSPS) is 19.7. The second-order valence-electron chi connectivity index (χ2n) is 3.39. The lowest BCUT2D eigenvalue weighted by atomic mass is 9.95. The monoisotopic (exact) mass is 165 g/mol. The quantitative estimate of drug-likeness (QED) is 0.583. The Morgan fingerprint density at radius 3 is 2.58 bits per heavy atom. The second kappa shape index (κ2) is 3.19. The van der Waals surface area contributed by atoms with Gasteiger partial charge in [0.2, 0.25) is 0 Å². The van der Waals surface area contributed by atoms with E-state index in [9.17, 15) is 0 Å². The topological polar surface area (TPSA) is 53.8 Å². The van der Waals surface area contributed by atoms with E-state index < -0.39 is 0 Å². The van der Waals surface area contributed by atoms with E-state index in [1.807, 2.05) is 6.07 Å². The van der Waals surface area contributed by atoms with Crippen LogP contribution in [0.15, 0.2) is 12.1 Å². The third kappa shape index (κ3) is 1.46. The molecule has 1 saturated heterocycles. The predicted molar refractivity (Wildman–Crippen MR) is 50.0 cm³/mol. The molecule has 0 unspecified atom stereocenters. The van der Waals surface area contributed by atoms with Gasteiger partial charge >= 0.3 is 0 Å². The van der Waals surface area contributed by atoms with Crippen molar-refractivity contribution in [3.8, 4) is 0 Å². The van der Waals surface area contributed by atoms with Crippen LogP contribution in [-0.2, 0) is 0 Å². The van der Waals surface area contributed by atoms with Gasteiger partial charge in [-0.2, -0.15) is 0 Å². The van der Waals surface area contributed by atoms with Crippen LogP contribution in [0.2, 0.25) is 0 Å². The van der Waals surface area contributed by atoms with Crippen LogP contribution in [0.1, 0.15) is 24.5 Å². The molecule has 3 nitrogen and oxygen atoms in total. The fraction of sp³-hybridized carbons (Fsp3) is 0.556.